The third-order valence-corrected chi connectivity index (χ3v) is 4.99. The van der Waals surface area contributed by atoms with Gasteiger partial charge in [-0.25, -0.2) is 4.39 Å². The highest BCUT2D eigenvalue weighted by Crippen LogP contribution is 2.33. The molecule has 0 aliphatic heterocycles. The first-order chi connectivity index (χ1) is 12.5. The summed E-state index contributed by atoms with van der Waals surface area (Å²) in [6.45, 7) is 2.46. The molecule has 0 spiro atoms. The number of carbonyl (C=O) groups excluding carboxylic acids is 1. The van der Waals surface area contributed by atoms with Crippen LogP contribution in [0.5, 0.6) is 11.5 Å². The Morgan fingerprint density at radius 3 is 2.46 bits per heavy atom. The lowest BCUT2D eigenvalue weighted by atomic mass is 10.1. The Hall–Kier alpha value is -2.21. The molecule has 1 amide bonds. The van der Waals surface area contributed by atoms with E-state index in [1.807, 2.05) is 25.1 Å². The maximum atomic E-state index is 12.9. The van der Waals surface area contributed by atoms with E-state index in [-0.39, 0.29) is 17.0 Å². The van der Waals surface area contributed by atoms with Crippen molar-refractivity contribution in [1.82, 2.24) is 5.32 Å². The largest absolute Gasteiger partial charge is 0.493 e. The number of thioether (sulfide) groups is 1. The van der Waals surface area contributed by atoms with Crippen LogP contribution < -0.4 is 14.8 Å². The van der Waals surface area contributed by atoms with Crippen LogP contribution in [0.15, 0.2) is 47.4 Å². The number of ether oxygens (including phenoxy) is 2. The Labute approximate surface area is 158 Å². The normalized spacial score (nSPS) is 11.7. The molecule has 0 saturated carbocycles. The van der Waals surface area contributed by atoms with Crippen molar-refractivity contribution < 1.29 is 18.7 Å². The second-order valence-corrected chi connectivity index (χ2v) is 7.21. The Balaban J connectivity index is 1.77. The summed E-state index contributed by atoms with van der Waals surface area (Å²) >= 11 is 1.47. The molecule has 0 saturated heterocycles. The second-order valence-electron chi connectivity index (χ2n) is 5.80. The molecule has 2 rings (SSSR count). The molecule has 0 heterocycles. The number of benzene rings is 2. The van der Waals surface area contributed by atoms with Crippen LogP contribution in [0.25, 0.3) is 0 Å². The maximum Gasteiger partial charge on any atom is 0.233 e. The average Bonchev–Trinajstić information content (AvgIpc) is 2.66. The first-order valence-corrected chi connectivity index (χ1v) is 9.32. The quantitative estimate of drug-likeness (QED) is 0.529. The average molecular weight is 377 g/mol. The van der Waals surface area contributed by atoms with Gasteiger partial charge < -0.3 is 14.8 Å². The highest BCUT2D eigenvalue weighted by atomic mass is 32.2. The number of halogens is 1. The van der Waals surface area contributed by atoms with Crippen LogP contribution in [0.4, 0.5) is 4.39 Å². The third-order valence-electron chi connectivity index (χ3n) is 3.89. The van der Waals surface area contributed by atoms with E-state index in [0.717, 1.165) is 23.3 Å². The van der Waals surface area contributed by atoms with E-state index >= 15 is 0 Å². The number of methoxy groups -OCH3 is 2. The molecule has 140 valence electrons. The lowest BCUT2D eigenvalue weighted by Gasteiger charge is -2.14. The van der Waals surface area contributed by atoms with Gasteiger partial charge in [0.1, 0.15) is 5.82 Å². The van der Waals surface area contributed by atoms with Crippen LogP contribution in [-0.2, 0) is 11.2 Å². The monoisotopic (exact) mass is 377 g/mol. The van der Waals surface area contributed by atoms with Crippen molar-refractivity contribution in [2.45, 2.75) is 29.9 Å². The smallest absolute Gasteiger partial charge is 0.233 e. The molecule has 0 aliphatic carbocycles. The van der Waals surface area contributed by atoms with Gasteiger partial charge in [-0.1, -0.05) is 12.1 Å². The van der Waals surface area contributed by atoms with Gasteiger partial charge in [0.05, 0.1) is 19.5 Å². The van der Waals surface area contributed by atoms with Crippen LogP contribution in [0.3, 0.4) is 0 Å². The number of rotatable bonds is 9. The molecular weight excluding hydrogens is 353 g/mol. The van der Waals surface area contributed by atoms with Crippen molar-refractivity contribution in [2.24, 2.45) is 0 Å². The summed E-state index contributed by atoms with van der Waals surface area (Å²) in [6.07, 6.45) is 1.61. The number of amides is 1. The van der Waals surface area contributed by atoms with E-state index in [1.165, 1.54) is 23.9 Å². The first kappa shape index (κ1) is 20.1. The zero-order chi connectivity index (χ0) is 18.9. The molecule has 26 heavy (non-hydrogen) atoms. The van der Waals surface area contributed by atoms with E-state index in [0.29, 0.717) is 18.0 Å². The highest BCUT2D eigenvalue weighted by molar-refractivity contribution is 8.00. The molecule has 0 radical (unpaired) electrons. The molecule has 0 aromatic heterocycles. The first-order valence-electron chi connectivity index (χ1n) is 8.44. The summed E-state index contributed by atoms with van der Waals surface area (Å²) in [6, 6.07) is 12.0. The van der Waals surface area contributed by atoms with Gasteiger partial charge in [0.25, 0.3) is 0 Å². The number of carbonyl (C=O) groups is 1. The van der Waals surface area contributed by atoms with Gasteiger partial charge in [0.2, 0.25) is 5.91 Å². The maximum absolute atomic E-state index is 12.9. The van der Waals surface area contributed by atoms with Crippen molar-refractivity contribution in [1.29, 1.82) is 0 Å². The summed E-state index contributed by atoms with van der Waals surface area (Å²) in [5, 5.41) is 2.72. The fourth-order valence-corrected chi connectivity index (χ4v) is 3.37. The molecule has 2 aromatic rings. The predicted octanol–water partition coefficient (Wildman–Crippen LogP) is 4.07. The van der Waals surface area contributed by atoms with Gasteiger partial charge in [-0.05, 0) is 55.7 Å². The molecule has 0 bridgehead atoms. The SMILES string of the molecule is COc1ccc(S[C@@H](C)C(=O)NCCCc2ccc(F)cc2)cc1OC. The van der Waals surface area contributed by atoms with Crippen LogP contribution in [-0.4, -0.2) is 31.9 Å². The Bertz CT molecular complexity index is 721. The van der Waals surface area contributed by atoms with Gasteiger partial charge in [-0.2, -0.15) is 0 Å². The Kier molecular flexibility index (Phi) is 7.78. The number of hydrogen-bond donors (Lipinski definition) is 1. The van der Waals surface area contributed by atoms with Crippen molar-refractivity contribution in [3.63, 3.8) is 0 Å². The predicted molar refractivity (Wildman–Crippen MR) is 103 cm³/mol. The minimum absolute atomic E-state index is 0.0103. The molecule has 0 aliphatic rings. The Morgan fingerprint density at radius 1 is 1.12 bits per heavy atom. The van der Waals surface area contributed by atoms with Crippen LogP contribution in [0, 0.1) is 5.82 Å². The van der Waals surface area contributed by atoms with Gasteiger partial charge in [0, 0.05) is 11.4 Å². The van der Waals surface area contributed by atoms with Crippen LogP contribution >= 0.6 is 11.8 Å². The van der Waals surface area contributed by atoms with Crippen LogP contribution in [0.1, 0.15) is 18.9 Å². The highest BCUT2D eigenvalue weighted by Gasteiger charge is 2.15. The van der Waals surface area contributed by atoms with Crippen molar-refractivity contribution in [2.75, 3.05) is 20.8 Å². The number of aryl methyl sites for hydroxylation is 1. The number of nitrogens with one attached hydrogen (secondary N) is 1. The molecule has 6 heteroatoms. The molecular formula is C20H24FNO3S. The summed E-state index contributed by atoms with van der Waals surface area (Å²) in [4.78, 5) is 13.2. The summed E-state index contributed by atoms with van der Waals surface area (Å²) in [7, 11) is 3.18. The molecule has 1 atom stereocenters. The lowest BCUT2D eigenvalue weighted by molar-refractivity contribution is -0.120. The van der Waals surface area contributed by atoms with Gasteiger partial charge in [0.15, 0.2) is 11.5 Å². The van der Waals surface area contributed by atoms with E-state index in [4.69, 9.17) is 9.47 Å². The molecule has 2 aromatic carbocycles. The van der Waals surface area contributed by atoms with Gasteiger partial charge in [-0.3, -0.25) is 4.79 Å². The van der Waals surface area contributed by atoms with E-state index < -0.39 is 0 Å². The topological polar surface area (TPSA) is 47.6 Å². The van der Waals surface area contributed by atoms with E-state index in [9.17, 15) is 9.18 Å². The van der Waals surface area contributed by atoms with E-state index in [2.05, 4.69) is 5.32 Å². The zero-order valence-corrected chi connectivity index (χ0v) is 16.1. The minimum Gasteiger partial charge on any atom is -0.493 e. The summed E-state index contributed by atoms with van der Waals surface area (Å²) < 4.78 is 23.4. The van der Waals surface area contributed by atoms with E-state index in [1.54, 1.807) is 26.4 Å². The molecule has 4 nitrogen and oxygen atoms in total. The van der Waals surface area contributed by atoms with Crippen molar-refractivity contribution in [3.8, 4) is 11.5 Å². The fourth-order valence-electron chi connectivity index (χ4n) is 2.45. The molecule has 1 N–H and O–H groups in total. The fraction of sp³-hybridized carbons (Fsp3) is 0.350. The summed E-state index contributed by atoms with van der Waals surface area (Å²) in [5.41, 5.74) is 1.06. The van der Waals surface area contributed by atoms with Gasteiger partial charge in [-0.15, -0.1) is 11.8 Å². The van der Waals surface area contributed by atoms with Crippen molar-refractivity contribution in [3.05, 3.63) is 53.8 Å². The summed E-state index contributed by atoms with van der Waals surface area (Å²) in [5.74, 6) is 1.06. The van der Waals surface area contributed by atoms with Crippen molar-refractivity contribution >= 4 is 17.7 Å². The van der Waals surface area contributed by atoms with Crippen LogP contribution in [0.2, 0.25) is 0 Å². The number of hydrogen-bond acceptors (Lipinski definition) is 4. The third kappa shape index (κ3) is 5.95. The minimum atomic E-state index is -0.233. The zero-order valence-electron chi connectivity index (χ0n) is 15.3. The standard InChI is InChI=1S/C20H24FNO3S/c1-14(26-17-10-11-18(24-2)19(13-17)25-3)20(23)22-12-4-5-15-6-8-16(21)9-7-15/h6-11,13-14H,4-5,12H2,1-3H3,(H,22,23)/t14-/m0/s1. The Morgan fingerprint density at radius 2 is 1.81 bits per heavy atom. The lowest BCUT2D eigenvalue weighted by Crippen LogP contribution is -2.31. The molecule has 0 unspecified atom stereocenters. The van der Waals surface area contributed by atoms with Gasteiger partial charge >= 0.3 is 0 Å². The second kappa shape index (κ2) is 10.1. The molecule has 0 fully saturated rings.